The van der Waals surface area contributed by atoms with Crippen molar-refractivity contribution in [2.45, 2.75) is 51.2 Å². The molecule has 2 unspecified atom stereocenters. The highest BCUT2D eigenvalue weighted by atomic mass is 35.5. The van der Waals surface area contributed by atoms with E-state index in [1.54, 1.807) is 169 Å². The number of pyridine rings is 1. The van der Waals surface area contributed by atoms with Gasteiger partial charge in [-0.2, -0.15) is 0 Å². The van der Waals surface area contributed by atoms with E-state index in [4.69, 9.17) is 100 Å². The SMILES string of the molecule is CC(Oc1cc(Cl)ccc1Cl)C(=O)N1CCc2ccccc21.COc1ccc(OCC(=O)OCCN2C(=O)c3ccccc3C2=O)cc1.Clc1ccc(CN2COc3c(cc(Cl)c4cccnc34)C2)cc1.Cn1c(=O)n(CCOc2ccc(Cl)cc2)c2ccccc21.O=C(c1conc1-c1ccccc1)n1cccc1.O=C1c2ccccc2C(O)(Cc2ccccc2)N1c1ccc2c(c1)OCO2. The summed E-state index contributed by atoms with van der Waals surface area (Å²) in [5.74, 6) is 2.58. The van der Waals surface area contributed by atoms with Crippen molar-refractivity contribution in [3.8, 4) is 51.5 Å². The first-order chi connectivity index (χ1) is 66.5. The number of aryl methyl sites for hydroxylation is 1. The number of aliphatic hydroxyl groups is 1. The van der Waals surface area contributed by atoms with Gasteiger partial charge >= 0.3 is 11.7 Å². The van der Waals surface area contributed by atoms with Gasteiger partial charge in [-0.1, -0.05) is 197 Å². The Morgan fingerprint density at radius 2 is 1.20 bits per heavy atom. The van der Waals surface area contributed by atoms with Crippen molar-refractivity contribution in [3.05, 3.63) is 408 Å². The van der Waals surface area contributed by atoms with Crippen molar-refractivity contribution in [1.82, 2.24) is 33.6 Å². The minimum atomic E-state index is -1.48. The maximum atomic E-state index is 13.2. The molecule has 5 aliphatic rings. The highest BCUT2D eigenvalue weighted by molar-refractivity contribution is 6.36. The van der Waals surface area contributed by atoms with E-state index in [-0.39, 0.29) is 68.2 Å². The number of aromatic nitrogens is 5. The molecule has 21 rings (SSSR count). The molecule has 694 valence electrons. The van der Waals surface area contributed by atoms with Crippen LogP contribution >= 0.6 is 58.0 Å². The van der Waals surface area contributed by atoms with Crippen LogP contribution in [-0.4, -0.2) is 134 Å². The van der Waals surface area contributed by atoms with Crippen LogP contribution in [0.5, 0.6) is 40.2 Å². The molecule has 2 atom stereocenters. The lowest BCUT2D eigenvalue weighted by Gasteiger charge is -2.34. The standard InChI is InChI=1S/C22H17NO4.C19H17NO6.C18H14Cl2N2O.C17H15Cl2NO2.C16H15ClN2O2.C14H10N2O2/c24-21-17-8-4-5-9-18(17)22(25,13-15-6-2-1-3-7-15)23(21)16-10-11-19-20(12-16)27-14-26-19;1-24-13-6-8-14(9-7-13)26-12-17(21)25-11-10-20-18(22)15-4-2-3-5-16(15)19(20)23;19-14-5-3-12(4-6-14)9-22-10-13-8-16(20)15-2-1-7-21-17(15)18(13)23-11-22;1-11(22-16-10-13(18)6-7-14(16)19)17(21)20-9-8-12-4-2-3-5-15(12)20;1-18-14-4-2-3-5-15(14)19(16(18)20)10-11-21-13-8-6-12(17)7-9-13;17-14(16-8-4-5-9-16)12-10-18-15-13(12)11-6-2-1-3-7-11/h1-12,25H,13-14H2;2-9H,10-12H2,1H3;1-8H,9-11H2;2-7,10-11H,8-9H2,1H3;2-9H,10-11H2,1H3;1-10H. The number of rotatable bonds is 21. The predicted molar refractivity (Wildman–Crippen MR) is 523 cm³/mol. The minimum absolute atomic E-state index is 0.000618. The molecule has 12 aromatic carbocycles. The second-order valence-corrected chi connectivity index (χ2v) is 33.8. The summed E-state index contributed by atoms with van der Waals surface area (Å²) in [5, 5.41) is 19.7. The first-order valence-electron chi connectivity index (χ1n) is 43.4. The number of imide groups is 1. The van der Waals surface area contributed by atoms with Gasteiger partial charge in [-0.25, -0.2) is 9.59 Å². The van der Waals surface area contributed by atoms with Crippen LogP contribution in [0.1, 0.15) is 76.2 Å². The van der Waals surface area contributed by atoms with E-state index >= 15 is 0 Å². The molecule has 137 heavy (non-hydrogen) atoms. The number of fused-ring (bicyclic) bond motifs is 8. The number of carbonyl (C=O) groups excluding carboxylic acids is 6. The van der Waals surface area contributed by atoms with E-state index < -0.39 is 17.8 Å². The van der Waals surface area contributed by atoms with Crippen molar-refractivity contribution < 1.29 is 76.3 Å². The van der Waals surface area contributed by atoms with Crippen LogP contribution < -0.4 is 48.6 Å². The van der Waals surface area contributed by atoms with Crippen LogP contribution in [0, 0.1) is 0 Å². The Labute approximate surface area is 812 Å². The molecule has 26 nitrogen and oxygen atoms in total. The summed E-state index contributed by atoms with van der Waals surface area (Å²) in [7, 11) is 3.34. The fourth-order valence-corrected chi connectivity index (χ4v) is 16.9. The topological polar surface area (TPSA) is 280 Å². The number of halogens is 5. The zero-order valence-corrected chi connectivity index (χ0v) is 77.8. The number of methoxy groups -OCH3 is 1. The molecule has 0 bridgehead atoms. The third-order valence-corrected chi connectivity index (χ3v) is 24.1. The third kappa shape index (κ3) is 22.3. The molecule has 0 aliphatic carbocycles. The summed E-state index contributed by atoms with van der Waals surface area (Å²) in [4.78, 5) is 97.3. The molecule has 0 saturated carbocycles. The van der Waals surface area contributed by atoms with E-state index in [2.05, 4.69) is 15.0 Å². The second kappa shape index (κ2) is 44.0. The maximum absolute atomic E-state index is 13.2. The minimum Gasteiger partial charge on any atom is -0.497 e. The first kappa shape index (κ1) is 95.2. The Kier molecular flexibility index (Phi) is 30.6. The lowest BCUT2D eigenvalue weighted by atomic mass is 9.94. The van der Waals surface area contributed by atoms with Gasteiger partial charge in [0.1, 0.15) is 66.0 Å². The molecule has 1 N–H and O–H groups in total. The average molecular weight is 1940 g/mol. The fraction of sp³-hybridized carbons (Fsp3) is 0.160. The Bertz CT molecular complexity index is 7060. The molecule has 9 heterocycles. The van der Waals surface area contributed by atoms with Crippen molar-refractivity contribution in [2.24, 2.45) is 7.05 Å². The van der Waals surface area contributed by atoms with E-state index in [1.165, 1.54) is 26.9 Å². The number of benzene rings is 12. The zero-order valence-electron chi connectivity index (χ0n) is 74.1. The Balaban J connectivity index is 0.000000120. The molecule has 31 heteroatoms. The van der Waals surface area contributed by atoms with E-state index in [0.29, 0.717) is 114 Å². The number of esters is 1. The lowest BCUT2D eigenvalue weighted by Crippen LogP contribution is -2.45. The molecule has 0 fully saturated rings. The number of amides is 4. The summed E-state index contributed by atoms with van der Waals surface area (Å²) in [6.07, 6.45) is 7.06. The fourth-order valence-electron chi connectivity index (χ4n) is 16.0. The molecular weight excluding hydrogens is 1850 g/mol. The van der Waals surface area contributed by atoms with Crippen LogP contribution in [0.25, 0.3) is 33.2 Å². The Morgan fingerprint density at radius 1 is 0.569 bits per heavy atom. The van der Waals surface area contributed by atoms with Gasteiger partial charge in [-0.3, -0.25) is 57.4 Å². The van der Waals surface area contributed by atoms with Gasteiger partial charge < -0.3 is 52.4 Å². The van der Waals surface area contributed by atoms with Crippen LogP contribution in [-0.2, 0) is 59.6 Å². The zero-order chi connectivity index (χ0) is 95.6. The highest BCUT2D eigenvalue weighted by Crippen LogP contribution is 2.46. The summed E-state index contributed by atoms with van der Waals surface area (Å²) in [6.45, 7) is 5.24. The average Bonchev–Trinajstić information content (AvgIpc) is 1.57. The largest absolute Gasteiger partial charge is 0.497 e. The van der Waals surface area contributed by atoms with Crippen molar-refractivity contribution in [3.63, 3.8) is 0 Å². The molecule has 0 radical (unpaired) electrons. The summed E-state index contributed by atoms with van der Waals surface area (Å²) in [5.41, 5.74) is 10.8. The number of ether oxygens (including phenoxy) is 8. The van der Waals surface area contributed by atoms with Crippen LogP contribution in [0.4, 0.5) is 11.4 Å². The number of para-hydroxylation sites is 3. The summed E-state index contributed by atoms with van der Waals surface area (Å²) >= 11 is 30.2. The molecule has 16 aromatic rings. The van der Waals surface area contributed by atoms with Gasteiger partial charge in [0.05, 0.1) is 58.1 Å². The predicted octanol–water partition coefficient (Wildman–Crippen LogP) is 20.5. The van der Waals surface area contributed by atoms with Gasteiger partial charge in [0.15, 0.2) is 35.7 Å². The van der Waals surface area contributed by atoms with E-state index in [0.717, 1.165) is 85.2 Å². The second-order valence-electron chi connectivity index (χ2n) is 31.7. The highest BCUT2D eigenvalue weighted by Gasteiger charge is 2.50. The molecule has 0 spiro atoms. The number of imidazole rings is 1. The van der Waals surface area contributed by atoms with Crippen LogP contribution in [0.3, 0.4) is 0 Å². The molecule has 5 aliphatic heterocycles. The normalized spacial score (nSPS) is 14.2. The molecule has 0 saturated heterocycles. The smallest absolute Gasteiger partial charge is 0.344 e. The summed E-state index contributed by atoms with van der Waals surface area (Å²) < 4.78 is 53.3. The quantitative estimate of drug-likeness (QED) is 0.0517. The summed E-state index contributed by atoms with van der Waals surface area (Å²) in [6, 6.07) is 90.1. The van der Waals surface area contributed by atoms with Gasteiger partial charge in [-0.05, 0) is 182 Å². The van der Waals surface area contributed by atoms with Gasteiger partial charge in [0.25, 0.3) is 29.5 Å². The molecular formula is C106H88Cl5N9O17. The number of hydrogen-bond acceptors (Lipinski definition) is 20. The number of nitrogens with zero attached hydrogens (tertiary/aromatic N) is 9. The number of anilines is 2. The third-order valence-electron chi connectivity index (χ3n) is 22.8. The Hall–Kier alpha value is -15.0. The number of hydrogen-bond donors (Lipinski definition) is 1. The molecule has 4 amide bonds. The van der Waals surface area contributed by atoms with Crippen LogP contribution in [0.2, 0.25) is 25.1 Å². The number of carbonyl (C=O) groups is 6. The van der Waals surface area contributed by atoms with Gasteiger partial charge in [-0.15, -0.1) is 0 Å². The molecule has 4 aromatic heterocycles. The van der Waals surface area contributed by atoms with Crippen molar-refractivity contribution in [1.29, 1.82) is 0 Å². The monoisotopic (exact) mass is 1930 g/mol. The van der Waals surface area contributed by atoms with Crippen molar-refractivity contribution >= 4 is 127 Å². The lowest BCUT2D eigenvalue weighted by molar-refractivity contribution is -0.146. The van der Waals surface area contributed by atoms with E-state index in [9.17, 15) is 38.7 Å². The van der Waals surface area contributed by atoms with Crippen molar-refractivity contribution in [2.75, 3.05) is 63.3 Å². The van der Waals surface area contributed by atoms with Gasteiger partial charge in [0.2, 0.25) is 6.79 Å². The first-order valence-corrected chi connectivity index (χ1v) is 45.3. The Morgan fingerprint density at radius 3 is 1.93 bits per heavy atom. The van der Waals surface area contributed by atoms with Gasteiger partial charge in [0, 0.05) is 112 Å². The maximum Gasteiger partial charge on any atom is 0.344 e. The van der Waals surface area contributed by atoms with Crippen LogP contribution in [0.15, 0.2) is 331 Å². The van der Waals surface area contributed by atoms with E-state index in [1.807, 2.05) is 182 Å².